The van der Waals surface area contributed by atoms with Crippen LogP contribution in [0.3, 0.4) is 0 Å². The van der Waals surface area contributed by atoms with Crippen molar-refractivity contribution in [3.63, 3.8) is 0 Å². The number of carbonyl (C=O) groups excluding carboxylic acids is 1. The fourth-order valence-electron chi connectivity index (χ4n) is 2.09. The summed E-state index contributed by atoms with van der Waals surface area (Å²) in [6.45, 7) is 2.69. The Morgan fingerprint density at radius 3 is 3.06 bits per heavy atom. The lowest BCUT2D eigenvalue weighted by molar-refractivity contribution is 0.0945. The van der Waals surface area contributed by atoms with Gasteiger partial charge in [0.25, 0.3) is 5.91 Å². The molecule has 3 N–H and O–H groups in total. The standard InChI is InChI=1S/C13H17ClN2O2/c14-11-6-10(3-4-12(11)17)13(18)16-8-9-2-1-5-15-7-9/h3-4,6,9,15,17H,1-2,5,7-8H2,(H,16,18). The van der Waals surface area contributed by atoms with Crippen molar-refractivity contribution in [2.75, 3.05) is 19.6 Å². The molecule has 1 fully saturated rings. The highest BCUT2D eigenvalue weighted by molar-refractivity contribution is 6.32. The molecule has 0 aromatic heterocycles. The molecule has 0 bridgehead atoms. The monoisotopic (exact) mass is 268 g/mol. The van der Waals surface area contributed by atoms with Crippen LogP contribution in [-0.4, -0.2) is 30.6 Å². The molecule has 1 aromatic rings. The minimum Gasteiger partial charge on any atom is -0.506 e. The molecule has 1 amide bonds. The van der Waals surface area contributed by atoms with Crippen LogP contribution < -0.4 is 10.6 Å². The first-order chi connectivity index (χ1) is 8.66. The first kappa shape index (κ1) is 13.2. The Morgan fingerprint density at radius 1 is 1.56 bits per heavy atom. The molecule has 5 heteroatoms. The third-order valence-electron chi connectivity index (χ3n) is 3.16. The van der Waals surface area contributed by atoms with Crippen molar-refractivity contribution in [1.82, 2.24) is 10.6 Å². The van der Waals surface area contributed by atoms with Crippen LogP contribution in [0.5, 0.6) is 5.75 Å². The molecule has 1 saturated heterocycles. The topological polar surface area (TPSA) is 61.4 Å². The van der Waals surface area contributed by atoms with Crippen LogP contribution in [0.15, 0.2) is 18.2 Å². The van der Waals surface area contributed by atoms with E-state index in [0.717, 1.165) is 25.9 Å². The molecule has 0 spiro atoms. The molecular weight excluding hydrogens is 252 g/mol. The molecule has 18 heavy (non-hydrogen) atoms. The van der Waals surface area contributed by atoms with Crippen molar-refractivity contribution in [2.24, 2.45) is 5.92 Å². The quantitative estimate of drug-likeness (QED) is 0.783. The molecule has 1 unspecified atom stereocenters. The zero-order valence-electron chi connectivity index (χ0n) is 10.1. The molecule has 1 aliphatic heterocycles. The summed E-state index contributed by atoms with van der Waals surface area (Å²) in [6, 6.07) is 4.47. The van der Waals surface area contributed by atoms with Crippen LogP contribution in [0.25, 0.3) is 0 Å². The van der Waals surface area contributed by atoms with Crippen molar-refractivity contribution < 1.29 is 9.90 Å². The highest BCUT2D eigenvalue weighted by Crippen LogP contribution is 2.23. The fourth-order valence-corrected chi connectivity index (χ4v) is 2.27. The predicted molar refractivity (Wildman–Crippen MR) is 71.0 cm³/mol. The van der Waals surface area contributed by atoms with Gasteiger partial charge in [-0.25, -0.2) is 0 Å². The summed E-state index contributed by atoms with van der Waals surface area (Å²) in [6.07, 6.45) is 2.30. The number of rotatable bonds is 3. The lowest BCUT2D eigenvalue weighted by Gasteiger charge is -2.22. The number of halogens is 1. The van der Waals surface area contributed by atoms with Crippen LogP contribution in [-0.2, 0) is 0 Å². The largest absolute Gasteiger partial charge is 0.506 e. The van der Waals surface area contributed by atoms with Crippen LogP contribution in [0.1, 0.15) is 23.2 Å². The summed E-state index contributed by atoms with van der Waals surface area (Å²) in [7, 11) is 0. The summed E-state index contributed by atoms with van der Waals surface area (Å²) >= 11 is 5.77. The zero-order valence-corrected chi connectivity index (χ0v) is 10.8. The second-order valence-corrected chi connectivity index (χ2v) is 5.00. The van der Waals surface area contributed by atoms with E-state index in [1.54, 1.807) is 6.07 Å². The molecule has 0 aliphatic carbocycles. The van der Waals surface area contributed by atoms with Gasteiger partial charge in [0.2, 0.25) is 0 Å². The van der Waals surface area contributed by atoms with E-state index >= 15 is 0 Å². The number of piperidine rings is 1. The summed E-state index contributed by atoms with van der Waals surface area (Å²) in [5.41, 5.74) is 0.474. The van der Waals surface area contributed by atoms with Gasteiger partial charge < -0.3 is 15.7 Å². The highest BCUT2D eigenvalue weighted by atomic mass is 35.5. The van der Waals surface area contributed by atoms with Crippen molar-refractivity contribution >= 4 is 17.5 Å². The number of hydrogen-bond acceptors (Lipinski definition) is 3. The van der Waals surface area contributed by atoms with E-state index in [2.05, 4.69) is 10.6 Å². The number of nitrogens with one attached hydrogen (secondary N) is 2. The Morgan fingerprint density at radius 2 is 2.39 bits per heavy atom. The minimum absolute atomic E-state index is 0.00954. The Balaban J connectivity index is 1.88. The summed E-state index contributed by atoms with van der Waals surface area (Å²) in [4.78, 5) is 11.9. The average molecular weight is 269 g/mol. The Kier molecular flexibility index (Phi) is 4.44. The number of phenolic OH excluding ortho intramolecular Hbond substituents is 1. The molecule has 1 aliphatic rings. The molecule has 0 saturated carbocycles. The summed E-state index contributed by atoms with van der Waals surface area (Å²) < 4.78 is 0. The lowest BCUT2D eigenvalue weighted by Crippen LogP contribution is -2.38. The van der Waals surface area contributed by atoms with Gasteiger partial charge in [-0.1, -0.05) is 11.6 Å². The van der Waals surface area contributed by atoms with Gasteiger partial charge in [-0.05, 0) is 50.0 Å². The van der Waals surface area contributed by atoms with Crippen molar-refractivity contribution in [3.8, 4) is 5.75 Å². The number of phenols is 1. The zero-order chi connectivity index (χ0) is 13.0. The second kappa shape index (κ2) is 6.07. The second-order valence-electron chi connectivity index (χ2n) is 4.59. The van der Waals surface area contributed by atoms with E-state index in [1.165, 1.54) is 12.1 Å². The van der Waals surface area contributed by atoms with Crippen molar-refractivity contribution in [3.05, 3.63) is 28.8 Å². The van der Waals surface area contributed by atoms with Crippen LogP contribution in [0.2, 0.25) is 5.02 Å². The first-order valence-corrected chi connectivity index (χ1v) is 6.52. The number of hydrogen-bond donors (Lipinski definition) is 3. The van der Waals surface area contributed by atoms with Gasteiger partial charge in [-0.2, -0.15) is 0 Å². The Hall–Kier alpha value is -1.26. The maximum absolute atomic E-state index is 11.9. The average Bonchev–Trinajstić information content (AvgIpc) is 2.40. The van der Waals surface area contributed by atoms with Gasteiger partial charge in [0.15, 0.2) is 0 Å². The van der Waals surface area contributed by atoms with Gasteiger partial charge in [0.05, 0.1) is 5.02 Å². The van der Waals surface area contributed by atoms with E-state index in [9.17, 15) is 9.90 Å². The molecule has 1 heterocycles. The first-order valence-electron chi connectivity index (χ1n) is 6.14. The van der Waals surface area contributed by atoms with Crippen LogP contribution in [0.4, 0.5) is 0 Å². The summed E-state index contributed by atoms with van der Waals surface area (Å²) in [5.74, 6) is 0.336. The van der Waals surface area contributed by atoms with Crippen molar-refractivity contribution in [2.45, 2.75) is 12.8 Å². The third kappa shape index (κ3) is 3.37. The maximum atomic E-state index is 11.9. The molecule has 1 atom stereocenters. The van der Waals surface area contributed by atoms with Gasteiger partial charge in [-0.15, -0.1) is 0 Å². The molecule has 0 radical (unpaired) electrons. The van der Waals surface area contributed by atoms with Gasteiger partial charge >= 0.3 is 0 Å². The maximum Gasteiger partial charge on any atom is 0.251 e. The molecule has 4 nitrogen and oxygen atoms in total. The molecule has 2 rings (SSSR count). The van der Waals surface area contributed by atoms with E-state index in [0.29, 0.717) is 18.0 Å². The Bertz CT molecular complexity index is 431. The molecular formula is C13H17ClN2O2. The van der Waals surface area contributed by atoms with E-state index in [1.807, 2.05) is 0 Å². The fraction of sp³-hybridized carbons (Fsp3) is 0.462. The van der Waals surface area contributed by atoms with Crippen molar-refractivity contribution in [1.29, 1.82) is 0 Å². The Labute approximate surface area is 111 Å². The smallest absolute Gasteiger partial charge is 0.251 e. The van der Waals surface area contributed by atoms with Gasteiger partial charge in [0, 0.05) is 12.1 Å². The highest BCUT2D eigenvalue weighted by Gasteiger charge is 2.14. The predicted octanol–water partition coefficient (Wildman–Crippen LogP) is 1.77. The van der Waals surface area contributed by atoms with E-state index in [-0.39, 0.29) is 16.7 Å². The lowest BCUT2D eigenvalue weighted by atomic mass is 9.99. The number of amides is 1. The minimum atomic E-state index is -0.150. The van der Waals surface area contributed by atoms with Gasteiger partial charge in [0.1, 0.15) is 5.75 Å². The van der Waals surface area contributed by atoms with Gasteiger partial charge in [-0.3, -0.25) is 4.79 Å². The molecule has 98 valence electrons. The summed E-state index contributed by atoms with van der Waals surface area (Å²) in [5, 5.41) is 15.7. The number of aromatic hydroxyl groups is 1. The van der Waals surface area contributed by atoms with Crippen LogP contribution >= 0.6 is 11.6 Å². The van der Waals surface area contributed by atoms with E-state index < -0.39 is 0 Å². The molecule has 1 aromatic carbocycles. The SMILES string of the molecule is O=C(NCC1CCCNC1)c1ccc(O)c(Cl)c1. The normalized spacial score (nSPS) is 19.5. The number of carbonyl (C=O) groups is 1. The van der Waals surface area contributed by atoms with E-state index in [4.69, 9.17) is 11.6 Å². The van der Waals surface area contributed by atoms with Crippen LogP contribution in [0, 0.1) is 5.92 Å². The number of benzene rings is 1. The third-order valence-corrected chi connectivity index (χ3v) is 3.46.